The van der Waals surface area contributed by atoms with Gasteiger partial charge in [-0.1, -0.05) is 0 Å². The summed E-state index contributed by atoms with van der Waals surface area (Å²) in [6.45, 7) is 7.38. The highest BCUT2D eigenvalue weighted by atomic mass is 32.3. The molecular weight excluding hydrogens is 690 g/mol. The average molecular weight is 729 g/mol. The Morgan fingerprint density at radius 3 is 2.18 bits per heavy atom. The van der Waals surface area contributed by atoms with Crippen molar-refractivity contribution in [1.29, 1.82) is 0 Å². The number of hydrogen-bond donors (Lipinski definition) is 7. The van der Waals surface area contributed by atoms with Crippen molar-refractivity contribution in [3.8, 4) is 0 Å². The van der Waals surface area contributed by atoms with E-state index in [2.05, 4.69) is 28.0 Å². The van der Waals surface area contributed by atoms with Gasteiger partial charge in [0, 0.05) is 25.9 Å². The maximum Gasteiger partial charge on any atom is 0.500 e. The van der Waals surface area contributed by atoms with Crippen LogP contribution in [-0.4, -0.2) is 112 Å². The van der Waals surface area contributed by atoms with E-state index >= 15 is 0 Å². The molecule has 9 N–H and O–H groups in total. The number of nitrogens with two attached hydrogens (primary N) is 2. The predicted molar refractivity (Wildman–Crippen MR) is 154 cm³/mol. The lowest BCUT2D eigenvalue weighted by Crippen LogP contribution is -2.46. The van der Waals surface area contributed by atoms with E-state index in [0.29, 0.717) is 26.4 Å². The van der Waals surface area contributed by atoms with Crippen LogP contribution < -0.4 is 11.5 Å². The van der Waals surface area contributed by atoms with Crippen molar-refractivity contribution >= 4 is 51.8 Å². The first-order chi connectivity index (χ1) is 20.9. The highest BCUT2D eigenvalue weighted by molar-refractivity contribution is 7.85. The molecule has 1 aliphatic heterocycles. The van der Waals surface area contributed by atoms with Crippen LogP contribution in [0, 0.1) is 0 Å². The number of imidazole rings is 1. The summed E-state index contributed by atoms with van der Waals surface area (Å²) < 4.78 is 88.4. The van der Waals surface area contributed by atoms with Crippen molar-refractivity contribution in [1.82, 2.24) is 19.5 Å². The van der Waals surface area contributed by atoms with Crippen LogP contribution in [0.1, 0.15) is 33.4 Å². The van der Waals surface area contributed by atoms with E-state index in [4.69, 9.17) is 43.8 Å². The Bertz CT molecular complexity index is 1420. The SMILES string of the molecule is CCO[Si](CCCN)(OCC)OCC.Nc1ncnc2c1ncn2[C@@H]1O[C@H](COP(=O)(O)OS(=O)(=O)O)[C@@H](OP(=O)(O)O)[C@H]1O. The Hall–Kier alpha value is -1.54. The molecule has 0 radical (unpaired) electrons. The van der Waals surface area contributed by atoms with E-state index in [-0.39, 0.29) is 17.0 Å². The third-order valence-corrected chi connectivity index (χ3v) is 11.3. The fraction of sp³-hybridized carbons (Fsp3) is 0.737. The number of rotatable bonds is 17. The van der Waals surface area contributed by atoms with E-state index in [1.807, 2.05) is 20.8 Å². The first-order valence-corrected chi connectivity index (χ1v) is 19.5. The zero-order valence-corrected chi connectivity index (χ0v) is 28.0. The molecule has 0 aromatic carbocycles. The van der Waals surface area contributed by atoms with Crippen LogP contribution in [0.2, 0.25) is 6.04 Å². The topological polar surface area (TPSA) is 330 Å². The van der Waals surface area contributed by atoms with Gasteiger partial charge in [0.1, 0.15) is 30.2 Å². The molecule has 22 nitrogen and oxygen atoms in total. The Labute approximate surface area is 259 Å². The standard InChI is InChI=1S/C10H15N5O13P2S.C9H23NO3Si/c11-8-5-9(13-2-12-8)15(3-14-5)10-6(16)7(27-29(17,18)19)4(26-10)1-25-30(20,21)28-31(22,23)24;1-4-11-14(12-5-2,13-6-3)9-7-8-10/h2-4,6-7,10,16H,1H2,(H,20,21)(H2,11,12,13)(H2,17,18,19)(H,22,23,24);4-10H2,1-3H3/t4-,6-,7-,10-;/m1./s1. The van der Waals surface area contributed by atoms with E-state index in [0.717, 1.165) is 29.7 Å². The van der Waals surface area contributed by atoms with Crippen LogP contribution in [-0.2, 0) is 50.6 Å². The van der Waals surface area contributed by atoms with Gasteiger partial charge in [-0.3, -0.25) is 18.2 Å². The molecule has 3 rings (SSSR count). The number of nitrogen functional groups attached to an aromatic ring is 1. The lowest BCUT2D eigenvalue weighted by atomic mass is 10.1. The Morgan fingerprint density at radius 1 is 1.07 bits per heavy atom. The van der Waals surface area contributed by atoms with Gasteiger partial charge in [-0.25, -0.2) is 24.1 Å². The fourth-order valence-electron chi connectivity index (χ4n) is 4.06. The zero-order valence-electron chi connectivity index (χ0n) is 24.4. The quantitative estimate of drug-likeness (QED) is 0.0611. The van der Waals surface area contributed by atoms with E-state index in [1.165, 1.54) is 0 Å². The lowest BCUT2D eigenvalue weighted by Gasteiger charge is -2.28. The number of phosphoric ester groups is 2. The number of hydrogen-bond acceptors (Lipinski definition) is 17. The molecule has 1 saturated heterocycles. The summed E-state index contributed by atoms with van der Waals surface area (Å²) in [5, 5.41) is 10.5. The van der Waals surface area contributed by atoms with Crippen LogP contribution in [0.25, 0.3) is 11.2 Å². The van der Waals surface area contributed by atoms with Gasteiger partial charge in [-0.2, -0.15) is 8.42 Å². The largest absolute Gasteiger partial charge is 0.500 e. The second kappa shape index (κ2) is 17.0. The van der Waals surface area contributed by atoms with Gasteiger partial charge >= 0.3 is 34.8 Å². The Morgan fingerprint density at radius 2 is 1.67 bits per heavy atom. The number of anilines is 1. The number of nitrogens with zero attached hydrogens (tertiary/aromatic N) is 4. The van der Waals surface area contributed by atoms with Crippen LogP contribution in [0.4, 0.5) is 5.82 Å². The van der Waals surface area contributed by atoms with Gasteiger partial charge in [0.25, 0.3) is 0 Å². The molecule has 26 heteroatoms. The monoisotopic (exact) mass is 728 g/mol. The summed E-state index contributed by atoms with van der Waals surface area (Å²) in [4.78, 5) is 39.1. The van der Waals surface area contributed by atoms with Gasteiger partial charge in [0.15, 0.2) is 17.7 Å². The molecule has 0 amide bonds. The third-order valence-electron chi connectivity index (χ3n) is 5.60. The molecule has 1 unspecified atom stereocenters. The molecule has 0 spiro atoms. The van der Waals surface area contributed by atoms with Crippen molar-refractivity contribution in [2.24, 2.45) is 5.73 Å². The van der Waals surface area contributed by atoms with Crippen LogP contribution in [0.3, 0.4) is 0 Å². The first-order valence-electron chi connectivity index (χ1n) is 13.2. The molecule has 1 aliphatic rings. The number of phosphoric acid groups is 2. The first kappa shape index (κ1) is 39.6. The van der Waals surface area contributed by atoms with E-state index in [1.54, 1.807) is 0 Å². The molecule has 0 aliphatic carbocycles. The highest BCUT2D eigenvalue weighted by Crippen LogP contribution is 2.48. The molecule has 2 aromatic rings. The van der Waals surface area contributed by atoms with Crippen LogP contribution in [0.5, 0.6) is 0 Å². The van der Waals surface area contributed by atoms with Crippen molar-refractivity contribution in [2.45, 2.75) is 57.8 Å². The van der Waals surface area contributed by atoms with Crippen molar-refractivity contribution in [2.75, 3.05) is 38.7 Å². The molecule has 3 heterocycles. The molecule has 5 atom stereocenters. The maximum absolute atomic E-state index is 11.6. The van der Waals surface area contributed by atoms with Crippen LogP contribution in [0.15, 0.2) is 12.7 Å². The molecule has 45 heavy (non-hydrogen) atoms. The van der Waals surface area contributed by atoms with E-state index < -0.39 is 66.0 Å². The number of aliphatic hydroxyl groups is 1. The van der Waals surface area contributed by atoms with Gasteiger partial charge in [0.05, 0.1) is 12.9 Å². The lowest BCUT2D eigenvalue weighted by molar-refractivity contribution is -0.0499. The Kier molecular flexibility index (Phi) is 15.0. The number of aromatic nitrogens is 4. The van der Waals surface area contributed by atoms with Crippen LogP contribution >= 0.6 is 15.6 Å². The second-order valence-electron chi connectivity index (χ2n) is 8.84. The minimum atomic E-state index is -5.39. The predicted octanol–water partition coefficient (Wildman–Crippen LogP) is -0.535. The van der Waals surface area contributed by atoms with Crippen molar-refractivity contribution in [3.63, 3.8) is 0 Å². The smallest absolute Gasteiger partial charge is 0.386 e. The minimum Gasteiger partial charge on any atom is -0.386 e. The molecule has 0 bridgehead atoms. The van der Waals surface area contributed by atoms with Crippen molar-refractivity contribution < 1.29 is 72.9 Å². The van der Waals surface area contributed by atoms with Gasteiger partial charge in [-0.05, 0) is 33.7 Å². The second-order valence-corrected chi connectivity index (χ2v) is 15.4. The maximum atomic E-state index is 11.6. The normalized spacial score (nSPS) is 22.2. The third kappa shape index (κ3) is 12.2. The number of ether oxygens (including phenoxy) is 1. The molecular formula is C19H38N6O16P2SSi. The Balaban J connectivity index is 0.000000426. The average Bonchev–Trinajstić information content (AvgIpc) is 3.47. The molecule has 1 fully saturated rings. The molecule has 0 saturated carbocycles. The molecule has 260 valence electrons. The highest BCUT2D eigenvalue weighted by Gasteiger charge is 2.50. The van der Waals surface area contributed by atoms with Gasteiger partial charge in [0.2, 0.25) is 0 Å². The summed E-state index contributed by atoms with van der Waals surface area (Å²) in [6.07, 6.45) is -3.65. The summed E-state index contributed by atoms with van der Waals surface area (Å²) in [6, 6.07) is 0.818. The molecule has 2 aromatic heterocycles. The van der Waals surface area contributed by atoms with Gasteiger partial charge in [-0.15, -0.1) is 3.97 Å². The fourth-order valence-corrected chi connectivity index (χ4v) is 8.73. The summed E-state index contributed by atoms with van der Waals surface area (Å²) in [5.41, 5.74) is 11.3. The summed E-state index contributed by atoms with van der Waals surface area (Å²) in [5.74, 6) is -0.0114. The summed E-state index contributed by atoms with van der Waals surface area (Å²) in [7, 11) is -18.4. The van der Waals surface area contributed by atoms with E-state index in [9.17, 15) is 27.5 Å². The minimum absolute atomic E-state index is 0.0114. The van der Waals surface area contributed by atoms with Crippen molar-refractivity contribution in [3.05, 3.63) is 12.7 Å². The summed E-state index contributed by atoms with van der Waals surface area (Å²) >= 11 is 0. The number of aliphatic hydroxyl groups excluding tert-OH is 1. The number of fused-ring (bicyclic) bond motifs is 1. The zero-order chi connectivity index (χ0) is 34.1. The van der Waals surface area contributed by atoms with Gasteiger partial charge < -0.3 is 49.3 Å².